The molecule has 0 spiro atoms. The van der Waals surface area contributed by atoms with Crippen LogP contribution in [0.2, 0.25) is 5.02 Å². The van der Waals surface area contributed by atoms with Crippen molar-refractivity contribution in [2.75, 3.05) is 34.3 Å². The van der Waals surface area contributed by atoms with E-state index in [9.17, 15) is 29.6 Å². The van der Waals surface area contributed by atoms with Crippen molar-refractivity contribution in [2.45, 2.75) is 211 Å². The summed E-state index contributed by atoms with van der Waals surface area (Å²) in [5.41, 5.74) is -2.31. The number of nitrogens with zero attached hydrogens (tertiary/aromatic N) is 6. The minimum absolute atomic E-state index is 0.0250. The van der Waals surface area contributed by atoms with E-state index in [2.05, 4.69) is 27.4 Å². The van der Waals surface area contributed by atoms with E-state index < -0.39 is 95.7 Å². The molecule has 4 aliphatic heterocycles. The quantitative estimate of drug-likeness (QED) is 0.192. The highest BCUT2D eigenvalue weighted by molar-refractivity contribution is 6.30. The van der Waals surface area contributed by atoms with E-state index in [0.29, 0.717) is 50.2 Å². The summed E-state index contributed by atoms with van der Waals surface area (Å²) < 4.78 is 54.5. The van der Waals surface area contributed by atoms with E-state index in [-0.39, 0.29) is 48.5 Å². The maximum absolute atomic E-state index is 14.5. The van der Waals surface area contributed by atoms with Gasteiger partial charge in [0.15, 0.2) is 18.7 Å². The van der Waals surface area contributed by atoms with Gasteiger partial charge in [-0.15, -0.1) is 5.10 Å². The largest absolute Gasteiger partial charge is 0.459 e. The van der Waals surface area contributed by atoms with Gasteiger partial charge in [0.1, 0.15) is 29.7 Å². The molecule has 4 N–H and O–H groups in total. The molecule has 5 heterocycles. The molecule has 0 saturated carbocycles. The van der Waals surface area contributed by atoms with Gasteiger partial charge in [0.05, 0.1) is 64.5 Å². The van der Waals surface area contributed by atoms with Crippen LogP contribution in [-0.4, -0.2) is 181 Å². The van der Waals surface area contributed by atoms with E-state index in [1.54, 1.807) is 45.4 Å². The van der Waals surface area contributed by atoms with Crippen molar-refractivity contribution in [1.82, 2.24) is 24.8 Å². The number of aromatic nitrogens is 3. The predicted octanol–water partition coefficient (Wildman–Crippen LogP) is 5.12. The van der Waals surface area contributed by atoms with E-state index in [1.165, 1.54) is 26.2 Å². The number of likely N-dealkylation sites (N-methyl/N-ethyl adjacent to an activating group) is 2. The van der Waals surface area contributed by atoms with Crippen molar-refractivity contribution < 1.29 is 62.9 Å². The van der Waals surface area contributed by atoms with Crippen molar-refractivity contribution in [3.05, 3.63) is 46.5 Å². The number of aliphatic hydroxyl groups is 4. The highest BCUT2D eigenvalue weighted by atomic mass is 35.5. The molecule has 3 saturated heterocycles. The molecule has 0 radical (unpaired) electrons. The first-order chi connectivity index (χ1) is 33.3. The summed E-state index contributed by atoms with van der Waals surface area (Å²) in [6, 6.07) is 4.05. The molecule has 18 nitrogen and oxygen atoms in total. The summed E-state index contributed by atoms with van der Waals surface area (Å²) in [4.78, 5) is 24.3. The van der Waals surface area contributed by atoms with Crippen molar-refractivity contribution >= 4 is 23.3 Å². The number of esters is 1. The minimum Gasteiger partial charge on any atom is -0.459 e. The summed E-state index contributed by atoms with van der Waals surface area (Å²) in [7, 11) is 5.44. The zero-order chi connectivity index (χ0) is 52.3. The monoisotopic (exact) mass is 1020 g/mol. The van der Waals surface area contributed by atoms with Crippen LogP contribution in [0, 0.1) is 23.6 Å². The first-order valence-electron chi connectivity index (χ1n) is 25.4. The van der Waals surface area contributed by atoms with Crippen molar-refractivity contribution in [3.63, 3.8) is 0 Å². The number of hydrogen-bond donors (Lipinski definition) is 4. The smallest absolute Gasteiger partial charge is 0.311 e. The Morgan fingerprint density at radius 2 is 1.72 bits per heavy atom. The van der Waals surface area contributed by atoms with Gasteiger partial charge in [0, 0.05) is 75.6 Å². The van der Waals surface area contributed by atoms with Crippen LogP contribution in [0.5, 0.6) is 0 Å². The molecule has 2 unspecified atom stereocenters. The Bertz CT molecular complexity index is 2100. The van der Waals surface area contributed by atoms with Crippen molar-refractivity contribution in [3.8, 4) is 0 Å². The summed E-state index contributed by atoms with van der Waals surface area (Å²) >= 11 is 5.87. The number of rotatable bonds is 13. The van der Waals surface area contributed by atoms with Gasteiger partial charge in [0.2, 0.25) is 0 Å². The van der Waals surface area contributed by atoms with Crippen LogP contribution >= 0.6 is 11.6 Å². The Kier molecular flexibility index (Phi) is 19.2. The average Bonchev–Trinajstić information content (AvgIpc) is 3.98. The number of aliphatic hydroxyl groups excluding tert-OH is 2. The van der Waals surface area contributed by atoms with Gasteiger partial charge in [-0.3, -0.25) is 4.79 Å². The lowest BCUT2D eigenvalue weighted by atomic mass is 9.77. The second-order valence-electron chi connectivity index (χ2n) is 21.9. The van der Waals surface area contributed by atoms with Crippen molar-refractivity contribution in [2.24, 2.45) is 22.9 Å². The van der Waals surface area contributed by atoms with Crippen LogP contribution in [0.4, 0.5) is 4.39 Å². The maximum atomic E-state index is 14.5. The molecule has 0 amide bonds. The summed E-state index contributed by atoms with van der Waals surface area (Å²) in [5, 5.41) is 60.4. The predicted molar refractivity (Wildman–Crippen MR) is 263 cm³/mol. The minimum atomic E-state index is -1.81. The van der Waals surface area contributed by atoms with Crippen LogP contribution in [-0.2, 0) is 51.0 Å². The van der Waals surface area contributed by atoms with Gasteiger partial charge in [-0.25, -0.2) is 9.07 Å². The number of oxime groups is 1. The van der Waals surface area contributed by atoms with Gasteiger partial charge in [-0.1, -0.05) is 48.8 Å². The van der Waals surface area contributed by atoms with Crippen LogP contribution in [0.3, 0.4) is 0 Å². The highest BCUT2D eigenvalue weighted by Crippen LogP contribution is 2.40. The number of carbonyl (C=O) groups is 1. The molecule has 71 heavy (non-hydrogen) atoms. The summed E-state index contributed by atoms with van der Waals surface area (Å²) in [6.45, 7) is 19.5. The Balaban J connectivity index is 1.21. The van der Waals surface area contributed by atoms with Crippen LogP contribution < -0.4 is 0 Å². The molecule has 20 heteroatoms. The third-order valence-corrected chi connectivity index (χ3v) is 16.0. The van der Waals surface area contributed by atoms with E-state index in [4.69, 9.17) is 44.9 Å². The molecular weight excluding hydrogens is 943 g/mol. The molecule has 402 valence electrons. The lowest BCUT2D eigenvalue weighted by molar-refractivity contribution is -0.308. The number of hydrogen-bond acceptors (Lipinski definition) is 17. The van der Waals surface area contributed by atoms with Crippen LogP contribution in [0.15, 0.2) is 29.6 Å². The van der Waals surface area contributed by atoms with E-state index >= 15 is 0 Å². The zero-order valence-corrected chi connectivity index (χ0v) is 44.8. The molecule has 2 aromatic rings. The fraction of sp³-hybridized carbons (Fsp3) is 0.804. The number of halogens is 2. The lowest BCUT2D eigenvalue weighted by Crippen LogP contribution is -2.59. The summed E-state index contributed by atoms with van der Waals surface area (Å²) in [5.74, 6) is -3.04. The molecule has 0 bridgehead atoms. The Labute approximate surface area is 424 Å². The fourth-order valence-electron chi connectivity index (χ4n) is 11.2. The van der Waals surface area contributed by atoms with E-state index in [1.807, 2.05) is 45.8 Å². The Morgan fingerprint density at radius 3 is 2.39 bits per heavy atom. The van der Waals surface area contributed by atoms with Gasteiger partial charge in [-0.2, -0.15) is 0 Å². The molecule has 6 rings (SSSR count). The SMILES string of the molecule is CC[C@H]1OC(=O)[C@H](C)[C@@H](O[C@H]2C[C@@](C)(OC)[C@@H](O)C(C)O2)[C@H](C)[C@@H](O[C@H]2C[C@@H](N(C)CCc3cn(C[C@H]4CC(c5ccc(Cl)c(F)c5)=NO4)nn3)C[C@@H](C)O2)[C@](C)(O)C[C@@H](C)CN(C)[C@H](C)[C@@H](O)C1(C)O. The second-order valence-corrected chi connectivity index (χ2v) is 22.3. The normalized spacial score (nSPS) is 40.4. The van der Waals surface area contributed by atoms with Gasteiger partial charge < -0.3 is 63.5 Å². The molecular formula is C51H82ClFN6O12. The van der Waals surface area contributed by atoms with E-state index in [0.717, 1.165) is 12.1 Å². The number of carbonyl (C=O) groups excluding carboxylic acids is 1. The topological polar surface area (TPSA) is 212 Å². The first kappa shape index (κ1) is 57.4. The molecule has 0 aliphatic carbocycles. The number of benzene rings is 1. The standard InChI is InChI=1S/C51H82ClFN6O12/c1-14-41-51(10,64)45(60)32(6)58(12)25-28(2)23-49(8,63)47(30(4)44(31(5)48(62)68-41)69-43-24-50(9,65-13)46(61)33(7)67-43)70-42-21-36(19-29(3)66-42)57(11)18-17-35-26-59(56-54-35)27-37-22-40(55-71-37)34-15-16-38(52)39(53)20-34/h15-16,20,26,28-33,36-37,41-47,60-61,63-64H,14,17-19,21-25,27H2,1-13H3/t28-,29-,30+,31-,32-,33?,36+,37-,41-,42+,43+,44+,45-,46+,47-,49-,50-,51?/m1/s1. The average molecular weight is 1030 g/mol. The third-order valence-electron chi connectivity index (χ3n) is 15.7. The third kappa shape index (κ3) is 13.7. The molecule has 1 aromatic heterocycles. The van der Waals surface area contributed by atoms with Crippen LogP contribution in [0.25, 0.3) is 0 Å². The summed E-state index contributed by atoms with van der Waals surface area (Å²) in [6.07, 6.45) is -3.36. The highest BCUT2D eigenvalue weighted by Gasteiger charge is 2.52. The second kappa shape index (κ2) is 23.7. The Morgan fingerprint density at radius 1 is 1.00 bits per heavy atom. The van der Waals surface area contributed by atoms with Crippen LogP contribution in [0.1, 0.15) is 119 Å². The molecule has 4 aliphatic rings. The molecule has 3 fully saturated rings. The number of ether oxygens (including phenoxy) is 6. The van der Waals surface area contributed by atoms with Crippen molar-refractivity contribution in [1.29, 1.82) is 0 Å². The zero-order valence-electron chi connectivity index (χ0n) is 44.0. The lowest BCUT2D eigenvalue weighted by Gasteiger charge is -2.48. The first-order valence-corrected chi connectivity index (χ1v) is 25.8. The molecule has 1 aromatic carbocycles. The number of cyclic esters (lactones) is 1. The van der Waals surface area contributed by atoms with Gasteiger partial charge in [-0.05, 0) is 99.9 Å². The fourth-order valence-corrected chi connectivity index (χ4v) is 11.3. The van der Waals surface area contributed by atoms with Gasteiger partial charge in [0.25, 0.3) is 0 Å². The Hall–Kier alpha value is -2.92. The molecule has 18 atom stereocenters. The van der Waals surface area contributed by atoms with Gasteiger partial charge >= 0.3 is 5.97 Å². The maximum Gasteiger partial charge on any atom is 0.311 e. The number of methoxy groups -OCH3 is 1.